The van der Waals surface area contributed by atoms with E-state index in [0.717, 1.165) is 0 Å². The number of halogens is 1. The third-order valence-electron chi connectivity index (χ3n) is 2.79. The number of amides is 1. The highest BCUT2D eigenvalue weighted by atomic mass is 19.1. The van der Waals surface area contributed by atoms with E-state index in [1.807, 2.05) is 6.92 Å². The van der Waals surface area contributed by atoms with Crippen LogP contribution in [-0.2, 0) is 4.79 Å². The van der Waals surface area contributed by atoms with Crippen LogP contribution in [0.1, 0.15) is 18.5 Å². The molecular formula is C12H15FN2O2. The molecule has 1 aliphatic rings. The van der Waals surface area contributed by atoms with Crippen molar-refractivity contribution in [3.05, 3.63) is 29.6 Å². The molecule has 2 unspecified atom stereocenters. The number of carbonyl (C=O) groups excluding carboxylic acids is 1. The van der Waals surface area contributed by atoms with Crippen LogP contribution >= 0.6 is 0 Å². The molecule has 1 aromatic rings. The summed E-state index contributed by atoms with van der Waals surface area (Å²) in [5.41, 5.74) is 0.702. The minimum Gasteiger partial charge on any atom is -0.494 e. The van der Waals surface area contributed by atoms with Crippen molar-refractivity contribution in [2.24, 2.45) is 0 Å². The standard InChI is InChI=1S/C12H15FN2O2/c1-7-6-14-11(12(16)15-7)8-3-4-9(13)10(5-8)17-2/h3-5,7,11,14H,6H2,1-2H3,(H,15,16). The molecule has 0 radical (unpaired) electrons. The maximum atomic E-state index is 13.3. The fourth-order valence-corrected chi connectivity index (χ4v) is 1.89. The average Bonchev–Trinajstić information content (AvgIpc) is 2.30. The molecule has 17 heavy (non-hydrogen) atoms. The van der Waals surface area contributed by atoms with Crippen LogP contribution in [0.3, 0.4) is 0 Å². The smallest absolute Gasteiger partial charge is 0.241 e. The largest absolute Gasteiger partial charge is 0.494 e. The first-order valence-corrected chi connectivity index (χ1v) is 5.49. The Kier molecular flexibility index (Phi) is 3.28. The fraction of sp³-hybridized carbons (Fsp3) is 0.417. The highest BCUT2D eigenvalue weighted by molar-refractivity contribution is 5.84. The second-order valence-electron chi connectivity index (χ2n) is 4.14. The van der Waals surface area contributed by atoms with E-state index in [1.54, 1.807) is 12.1 Å². The van der Waals surface area contributed by atoms with Crippen molar-refractivity contribution < 1.29 is 13.9 Å². The summed E-state index contributed by atoms with van der Waals surface area (Å²) >= 11 is 0. The number of nitrogens with one attached hydrogen (secondary N) is 2. The Morgan fingerprint density at radius 1 is 1.47 bits per heavy atom. The Morgan fingerprint density at radius 3 is 2.88 bits per heavy atom. The van der Waals surface area contributed by atoms with Crippen molar-refractivity contribution in [2.75, 3.05) is 13.7 Å². The normalized spacial score (nSPS) is 24.3. The van der Waals surface area contributed by atoms with Crippen LogP contribution in [0.2, 0.25) is 0 Å². The van der Waals surface area contributed by atoms with E-state index in [1.165, 1.54) is 13.2 Å². The quantitative estimate of drug-likeness (QED) is 0.807. The third kappa shape index (κ3) is 2.39. The molecule has 2 atom stereocenters. The zero-order valence-electron chi connectivity index (χ0n) is 9.79. The zero-order chi connectivity index (χ0) is 12.4. The van der Waals surface area contributed by atoms with Crippen molar-refractivity contribution in [1.82, 2.24) is 10.6 Å². The van der Waals surface area contributed by atoms with Crippen LogP contribution in [-0.4, -0.2) is 25.6 Å². The highest BCUT2D eigenvalue weighted by Gasteiger charge is 2.27. The van der Waals surface area contributed by atoms with E-state index < -0.39 is 11.9 Å². The van der Waals surface area contributed by atoms with E-state index in [0.29, 0.717) is 12.1 Å². The van der Waals surface area contributed by atoms with Gasteiger partial charge in [0.15, 0.2) is 11.6 Å². The van der Waals surface area contributed by atoms with Gasteiger partial charge in [-0.2, -0.15) is 0 Å². The van der Waals surface area contributed by atoms with Crippen LogP contribution in [0.5, 0.6) is 5.75 Å². The van der Waals surface area contributed by atoms with Gasteiger partial charge in [0.2, 0.25) is 5.91 Å². The van der Waals surface area contributed by atoms with E-state index >= 15 is 0 Å². The predicted octanol–water partition coefficient (Wildman–Crippen LogP) is 0.983. The Balaban J connectivity index is 2.25. The molecule has 1 fully saturated rings. The van der Waals surface area contributed by atoms with Crippen molar-refractivity contribution >= 4 is 5.91 Å². The second-order valence-corrected chi connectivity index (χ2v) is 4.14. The number of carbonyl (C=O) groups is 1. The molecule has 0 aliphatic carbocycles. The van der Waals surface area contributed by atoms with Crippen molar-refractivity contribution in [3.8, 4) is 5.75 Å². The molecule has 0 bridgehead atoms. The minimum atomic E-state index is -0.444. The maximum absolute atomic E-state index is 13.3. The molecule has 0 spiro atoms. The molecule has 1 aromatic carbocycles. The lowest BCUT2D eigenvalue weighted by molar-refractivity contribution is -0.125. The third-order valence-corrected chi connectivity index (χ3v) is 2.79. The number of ether oxygens (including phenoxy) is 1. The Morgan fingerprint density at radius 2 is 2.24 bits per heavy atom. The summed E-state index contributed by atoms with van der Waals surface area (Å²) in [6, 6.07) is 4.11. The van der Waals surface area contributed by atoms with Crippen LogP contribution in [0, 0.1) is 5.82 Å². The van der Waals surface area contributed by atoms with Gasteiger partial charge < -0.3 is 15.4 Å². The molecule has 1 heterocycles. The zero-order valence-corrected chi connectivity index (χ0v) is 9.79. The minimum absolute atomic E-state index is 0.0996. The summed E-state index contributed by atoms with van der Waals surface area (Å²) in [6.07, 6.45) is 0. The van der Waals surface area contributed by atoms with Crippen LogP contribution < -0.4 is 15.4 Å². The lowest BCUT2D eigenvalue weighted by atomic mass is 10.0. The van der Waals surface area contributed by atoms with Gasteiger partial charge in [0.05, 0.1) is 7.11 Å². The molecule has 1 amide bonds. The molecule has 5 heteroatoms. The van der Waals surface area contributed by atoms with E-state index in [9.17, 15) is 9.18 Å². The van der Waals surface area contributed by atoms with Gasteiger partial charge >= 0.3 is 0 Å². The molecular weight excluding hydrogens is 223 g/mol. The molecule has 92 valence electrons. The SMILES string of the molecule is COc1cc(C2NCC(C)NC2=O)ccc1F. The average molecular weight is 238 g/mol. The molecule has 0 saturated carbocycles. The number of rotatable bonds is 2. The Labute approximate surface area is 99.2 Å². The van der Waals surface area contributed by atoms with Gasteiger partial charge in [-0.3, -0.25) is 4.79 Å². The summed E-state index contributed by atoms with van der Waals surface area (Å²) in [5, 5.41) is 5.96. The first-order valence-electron chi connectivity index (χ1n) is 5.49. The molecule has 4 nitrogen and oxygen atoms in total. The van der Waals surface area contributed by atoms with Gasteiger partial charge in [0.25, 0.3) is 0 Å². The Hall–Kier alpha value is -1.62. The van der Waals surface area contributed by atoms with Gasteiger partial charge in [-0.15, -0.1) is 0 Å². The molecule has 1 saturated heterocycles. The van der Waals surface area contributed by atoms with Crippen LogP contribution in [0.15, 0.2) is 18.2 Å². The summed E-state index contributed by atoms with van der Waals surface area (Å²) < 4.78 is 18.1. The number of benzene rings is 1. The lowest BCUT2D eigenvalue weighted by Gasteiger charge is -2.28. The number of hydrogen-bond acceptors (Lipinski definition) is 3. The van der Waals surface area contributed by atoms with Gasteiger partial charge in [-0.1, -0.05) is 6.07 Å². The molecule has 1 aliphatic heterocycles. The highest BCUT2D eigenvalue weighted by Crippen LogP contribution is 2.23. The molecule has 2 rings (SSSR count). The van der Waals surface area contributed by atoms with Gasteiger partial charge in [0, 0.05) is 12.6 Å². The van der Waals surface area contributed by atoms with Crippen LogP contribution in [0.25, 0.3) is 0 Å². The fourth-order valence-electron chi connectivity index (χ4n) is 1.89. The lowest BCUT2D eigenvalue weighted by Crippen LogP contribution is -2.52. The maximum Gasteiger partial charge on any atom is 0.241 e. The van der Waals surface area contributed by atoms with Crippen molar-refractivity contribution in [3.63, 3.8) is 0 Å². The monoisotopic (exact) mass is 238 g/mol. The summed E-state index contributed by atoms with van der Waals surface area (Å²) in [7, 11) is 1.40. The number of piperazine rings is 1. The molecule has 2 N–H and O–H groups in total. The van der Waals surface area contributed by atoms with E-state index in [-0.39, 0.29) is 17.7 Å². The second kappa shape index (κ2) is 4.71. The van der Waals surface area contributed by atoms with Crippen molar-refractivity contribution in [1.29, 1.82) is 0 Å². The van der Waals surface area contributed by atoms with E-state index in [4.69, 9.17) is 4.74 Å². The topological polar surface area (TPSA) is 50.4 Å². The Bertz CT molecular complexity index is 437. The van der Waals surface area contributed by atoms with Gasteiger partial charge in [-0.05, 0) is 24.6 Å². The first-order chi connectivity index (χ1) is 8.11. The van der Waals surface area contributed by atoms with Gasteiger partial charge in [0.1, 0.15) is 6.04 Å². The number of hydrogen-bond donors (Lipinski definition) is 2. The summed E-state index contributed by atoms with van der Waals surface area (Å²) in [6.45, 7) is 2.61. The number of methoxy groups -OCH3 is 1. The van der Waals surface area contributed by atoms with E-state index in [2.05, 4.69) is 10.6 Å². The summed E-state index contributed by atoms with van der Waals surface area (Å²) in [5.74, 6) is -0.381. The van der Waals surface area contributed by atoms with Crippen molar-refractivity contribution in [2.45, 2.75) is 19.0 Å². The summed E-state index contributed by atoms with van der Waals surface area (Å²) in [4.78, 5) is 11.8. The molecule has 0 aromatic heterocycles. The van der Waals surface area contributed by atoms with Gasteiger partial charge in [-0.25, -0.2) is 4.39 Å². The predicted molar refractivity (Wildman–Crippen MR) is 61.3 cm³/mol. The first kappa shape index (κ1) is 11.9. The van der Waals surface area contributed by atoms with Crippen LogP contribution in [0.4, 0.5) is 4.39 Å².